The number of nitrogens with two attached hydrogens (primary N) is 1. The van der Waals surface area contributed by atoms with E-state index in [0.717, 1.165) is 24.3 Å². The van der Waals surface area contributed by atoms with Crippen molar-refractivity contribution >= 4 is 34.5 Å². The summed E-state index contributed by atoms with van der Waals surface area (Å²) in [7, 11) is 0. The van der Waals surface area contributed by atoms with Crippen LogP contribution in [0.3, 0.4) is 0 Å². The van der Waals surface area contributed by atoms with Gasteiger partial charge < -0.3 is 15.5 Å². The molecule has 0 bridgehead atoms. The third kappa shape index (κ3) is 4.78. The zero-order valence-electron chi connectivity index (χ0n) is 17.0. The Morgan fingerprint density at radius 3 is 2.53 bits per heavy atom. The minimum Gasteiger partial charge on any atom is -0.328 e. The minimum atomic E-state index is -0.0475. The van der Waals surface area contributed by atoms with E-state index in [9.17, 15) is 9.59 Å². The summed E-state index contributed by atoms with van der Waals surface area (Å²) in [5, 5.41) is 7.10. The van der Waals surface area contributed by atoms with Crippen molar-refractivity contribution in [1.29, 1.82) is 0 Å². The average Bonchev–Trinajstić information content (AvgIpc) is 3.42. The first kappa shape index (κ1) is 20.3. The molecule has 2 amide bonds. The SMILES string of the molecule is Cc1ccc([C@H]([NH2+]CC(=O)Nc2ccc(N3CCCC3=O)cc2)c2cccs2)cc1. The van der Waals surface area contributed by atoms with Crippen LogP contribution < -0.4 is 15.5 Å². The highest BCUT2D eigenvalue weighted by molar-refractivity contribution is 7.10. The number of hydrogen-bond acceptors (Lipinski definition) is 3. The molecule has 0 unspecified atom stereocenters. The topological polar surface area (TPSA) is 66.0 Å². The number of benzene rings is 2. The Morgan fingerprint density at radius 1 is 1.13 bits per heavy atom. The minimum absolute atomic E-state index is 0.0475. The molecule has 4 rings (SSSR count). The van der Waals surface area contributed by atoms with Crippen LogP contribution in [0.1, 0.15) is 34.9 Å². The van der Waals surface area contributed by atoms with Gasteiger partial charge in [0.15, 0.2) is 6.54 Å². The van der Waals surface area contributed by atoms with E-state index in [-0.39, 0.29) is 17.9 Å². The molecule has 1 atom stereocenters. The lowest BCUT2D eigenvalue weighted by atomic mass is 10.0. The number of hydrogen-bond donors (Lipinski definition) is 2. The van der Waals surface area contributed by atoms with Gasteiger partial charge in [0.2, 0.25) is 5.91 Å². The van der Waals surface area contributed by atoms with Crippen molar-refractivity contribution in [1.82, 2.24) is 0 Å². The van der Waals surface area contributed by atoms with E-state index < -0.39 is 0 Å². The Bertz CT molecular complexity index is 998. The number of carbonyl (C=O) groups excluding carboxylic acids is 2. The van der Waals surface area contributed by atoms with Gasteiger partial charge in [-0.3, -0.25) is 9.59 Å². The fourth-order valence-corrected chi connectivity index (χ4v) is 4.59. The molecule has 2 heterocycles. The lowest BCUT2D eigenvalue weighted by molar-refractivity contribution is -0.675. The molecule has 0 saturated carbocycles. The number of rotatable bonds is 7. The standard InChI is InChI=1S/C24H25N3O2S/c1-17-6-8-18(9-7-17)24(21-4-3-15-30-21)25-16-22(28)26-19-10-12-20(13-11-19)27-14-2-5-23(27)29/h3-4,6-13,15,24-25H,2,5,14,16H2,1H3,(H,26,28)/p+1/t24-/m0/s1. The maximum absolute atomic E-state index is 12.6. The van der Waals surface area contributed by atoms with Crippen LogP contribution in [0, 0.1) is 6.92 Å². The summed E-state index contributed by atoms with van der Waals surface area (Å²) < 4.78 is 0. The maximum Gasteiger partial charge on any atom is 0.279 e. The van der Waals surface area contributed by atoms with Gasteiger partial charge in [0.1, 0.15) is 6.04 Å². The second kappa shape index (κ2) is 9.24. The van der Waals surface area contributed by atoms with Gasteiger partial charge in [-0.2, -0.15) is 0 Å². The first-order valence-corrected chi connectivity index (χ1v) is 11.1. The Labute approximate surface area is 180 Å². The van der Waals surface area contributed by atoms with Crippen LogP contribution in [0.2, 0.25) is 0 Å². The molecular weight excluding hydrogens is 394 g/mol. The van der Waals surface area contributed by atoms with Crippen LogP contribution in [-0.2, 0) is 9.59 Å². The van der Waals surface area contributed by atoms with Crippen molar-refractivity contribution in [2.75, 3.05) is 23.3 Å². The molecule has 5 nitrogen and oxygen atoms in total. The van der Waals surface area contributed by atoms with Crippen molar-refractivity contribution in [3.63, 3.8) is 0 Å². The zero-order valence-corrected chi connectivity index (χ0v) is 17.8. The summed E-state index contributed by atoms with van der Waals surface area (Å²) in [5.74, 6) is 0.116. The smallest absolute Gasteiger partial charge is 0.279 e. The van der Waals surface area contributed by atoms with Gasteiger partial charge in [0, 0.05) is 29.9 Å². The molecule has 30 heavy (non-hydrogen) atoms. The number of nitrogens with zero attached hydrogens (tertiary/aromatic N) is 1. The highest BCUT2D eigenvalue weighted by atomic mass is 32.1. The van der Waals surface area contributed by atoms with Gasteiger partial charge in [-0.1, -0.05) is 35.9 Å². The molecule has 1 aromatic heterocycles. The Balaban J connectivity index is 1.38. The van der Waals surface area contributed by atoms with Gasteiger partial charge in [0.25, 0.3) is 5.91 Å². The number of carbonyl (C=O) groups is 2. The molecule has 6 heteroatoms. The van der Waals surface area contributed by atoms with Gasteiger partial charge in [0.05, 0.1) is 4.88 Å². The van der Waals surface area contributed by atoms with Crippen LogP contribution >= 0.6 is 11.3 Å². The largest absolute Gasteiger partial charge is 0.328 e. The van der Waals surface area contributed by atoms with E-state index in [1.54, 1.807) is 16.2 Å². The predicted molar refractivity (Wildman–Crippen MR) is 121 cm³/mol. The summed E-state index contributed by atoms with van der Waals surface area (Å²) in [4.78, 5) is 27.5. The Kier molecular flexibility index (Phi) is 6.26. The molecule has 3 aromatic rings. The van der Waals surface area contributed by atoms with Crippen LogP contribution in [0.4, 0.5) is 11.4 Å². The first-order chi connectivity index (χ1) is 14.6. The Morgan fingerprint density at radius 2 is 1.90 bits per heavy atom. The van der Waals surface area contributed by atoms with E-state index >= 15 is 0 Å². The van der Waals surface area contributed by atoms with Gasteiger partial charge in [-0.05, 0) is 49.1 Å². The molecule has 1 fully saturated rings. The molecule has 1 aliphatic heterocycles. The van der Waals surface area contributed by atoms with Crippen molar-refractivity contribution in [2.45, 2.75) is 25.8 Å². The molecule has 1 saturated heterocycles. The molecule has 0 aliphatic carbocycles. The molecule has 1 aliphatic rings. The Hall–Kier alpha value is -2.96. The summed E-state index contributed by atoms with van der Waals surface area (Å²) in [6, 6.07) is 20.2. The monoisotopic (exact) mass is 420 g/mol. The molecule has 2 aromatic carbocycles. The predicted octanol–water partition coefficient (Wildman–Crippen LogP) is 3.47. The van der Waals surface area contributed by atoms with E-state index in [0.29, 0.717) is 13.0 Å². The fourth-order valence-electron chi connectivity index (χ4n) is 3.74. The average molecular weight is 421 g/mol. The molecular formula is C24H26N3O2S+. The molecule has 0 spiro atoms. The van der Waals surface area contributed by atoms with Crippen LogP contribution in [0.15, 0.2) is 66.0 Å². The van der Waals surface area contributed by atoms with E-state index in [1.807, 2.05) is 30.3 Å². The fraction of sp³-hybridized carbons (Fsp3) is 0.250. The zero-order chi connectivity index (χ0) is 20.9. The van der Waals surface area contributed by atoms with Gasteiger partial charge in [-0.15, -0.1) is 11.3 Å². The number of anilines is 2. The van der Waals surface area contributed by atoms with Crippen LogP contribution in [-0.4, -0.2) is 24.9 Å². The second-order valence-electron chi connectivity index (χ2n) is 7.59. The quantitative estimate of drug-likeness (QED) is 0.615. The second-order valence-corrected chi connectivity index (χ2v) is 8.57. The lowest BCUT2D eigenvalue weighted by Gasteiger charge is -2.17. The number of quaternary nitrogens is 1. The van der Waals surface area contributed by atoms with Crippen molar-refractivity contribution in [2.24, 2.45) is 0 Å². The number of thiophene rings is 1. The highest BCUT2D eigenvalue weighted by Crippen LogP contribution is 2.24. The van der Waals surface area contributed by atoms with Crippen LogP contribution in [0.25, 0.3) is 0 Å². The number of amides is 2. The van der Waals surface area contributed by atoms with Crippen molar-refractivity contribution < 1.29 is 14.9 Å². The molecule has 154 valence electrons. The summed E-state index contributed by atoms with van der Waals surface area (Å²) >= 11 is 1.70. The van der Waals surface area contributed by atoms with Crippen molar-refractivity contribution in [3.8, 4) is 0 Å². The van der Waals surface area contributed by atoms with E-state index in [1.165, 1.54) is 16.0 Å². The third-order valence-electron chi connectivity index (χ3n) is 5.36. The number of aryl methyl sites for hydroxylation is 1. The van der Waals surface area contributed by atoms with E-state index in [2.05, 4.69) is 53.3 Å². The van der Waals surface area contributed by atoms with Crippen molar-refractivity contribution in [3.05, 3.63) is 82.0 Å². The molecule has 0 radical (unpaired) electrons. The summed E-state index contributed by atoms with van der Waals surface area (Å²) in [5.41, 5.74) is 4.04. The summed E-state index contributed by atoms with van der Waals surface area (Å²) in [6.45, 7) is 3.16. The normalized spacial score (nSPS) is 14.7. The molecule has 3 N–H and O–H groups in total. The number of nitrogens with one attached hydrogen (secondary N) is 1. The van der Waals surface area contributed by atoms with Gasteiger partial charge in [-0.25, -0.2) is 0 Å². The summed E-state index contributed by atoms with van der Waals surface area (Å²) in [6.07, 6.45) is 1.51. The lowest BCUT2D eigenvalue weighted by Crippen LogP contribution is -2.87. The van der Waals surface area contributed by atoms with E-state index in [4.69, 9.17) is 0 Å². The first-order valence-electron chi connectivity index (χ1n) is 10.2. The van der Waals surface area contributed by atoms with Crippen LogP contribution in [0.5, 0.6) is 0 Å². The maximum atomic E-state index is 12.6. The highest BCUT2D eigenvalue weighted by Gasteiger charge is 2.22. The van der Waals surface area contributed by atoms with Gasteiger partial charge >= 0.3 is 0 Å². The third-order valence-corrected chi connectivity index (χ3v) is 6.32.